The molecule has 1 rings (SSSR count). The second kappa shape index (κ2) is 79.6. The molecule has 672 valence electrons. The van der Waals surface area contributed by atoms with Gasteiger partial charge in [-0.15, -0.1) is 0 Å². The van der Waals surface area contributed by atoms with Gasteiger partial charge in [-0.2, -0.15) is 0 Å². The molecule has 1 aliphatic heterocycles. The molecule has 1 fully saturated rings. The van der Waals surface area contributed by atoms with E-state index in [1.165, 1.54) is 180 Å². The molecule has 2 amide bonds. The van der Waals surface area contributed by atoms with E-state index in [-0.39, 0.29) is 37.6 Å². The van der Waals surface area contributed by atoms with Crippen molar-refractivity contribution in [3.8, 4) is 0 Å². The third kappa shape index (κ3) is 67.5. The number of aliphatic hydroxyl groups excluding tert-OH is 2. The van der Waals surface area contributed by atoms with Crippen molar-refractivity contribution in [2.24, 2.45) is 0 Å². The Morgan fingerprint density at radius 1 is 0.368 bits per heavy atom. The monoisotopic (exact) mass is 1640 g/mol. The van der Waals surface area contributed by atoms with Gasteiger partial charge in [-0.3, -0.25) is 33.3 Å². The van der Waals surface area contributed by atoms with Crippen molar-refractivity contribution in [2.45, 2.75) is 533 Å². The van der Waals surface area contributed by atoms with Gasteiger partial charge >= 0.3 is 31.7 Å². The molecular weight excluding hydrogens is 1460 g/mol. The predicted molar refractivity (Wildman–Crippen MR) is 462 cm³/mol. The Labute approximate surface area is 696 Å². The second-order valence-electron chi connectivity index (χ2n) is 33.7. The standard InChI is InChI=1S/C93H177N2O18P/c1-6-11-16-21-26-31-35-43-50-57-64-71-86(100)107-74-67-60-53-46-39-34-38-42-49-56-63-70-84(98)94-80(77-96)79-108-93-90(95-85(99)75-81(68-61-54-47-40-29-24-19-14-9-4)109-87(101)72-65-58-51-44-36-32-27-22-17-12-7-2)92(91(83(78-97)111-93)113-114(104,105)106)112-89(103)76-82(69-62-55-48-41-30-25-20-15-10-5)110-88(102)73-66-59-52-45-37-33-28-23-18-13-8-3/h80-83,90-93,96-97H,6-79H2,1-5H3,(H,94,98)(H,95,99)(H2,104,105,106)/t80-,81+,82+,83+,90+,91+,92+,93+/m0/s1. The number of unbranched alkanes of at least 4 members (excludes halogenated alkanes) is 56. The first-order chi connectivity index (χ1) is 55.5. The Kier molecular flexibility index (Phi) is 75.9. The fourth-order valence-corrected chi connectivity index (χ4v) is 16.1. The van der Waals surface area contributed by atoms with E-state index < -0.39 is 107 Å². The summed E-state index contributed by atoms with van der Waals surface area (Å²) in [6, 6.07) is -2.62. The third-order valence-electron chi connectivity index (χ3n) is 22.7. The van der Waals surface area contributed by atoms with Crippen LogP contribution in [0.2, 0.25) is 0 Å². The molecule has 1 aliphatic rings. The van der Waals surface area contributed by atoms with Crippen LogP contribution in [0.3, 0.4) is 0 Å². The molecule has 114 heavy (non-hydrogen) atoms. The summed E-state index contributed by atoms with van der Waals surface area (Å²) >= 11 is 0. The Hall–Kier alpha value is -3.23. The van der Waals surface area contributed by atoms with Crippen LogP contribution in [0.5, 0.6) is 0 Å². The first kappa shape index (κ1) is 109. The number of rotatable bonds is 86. The lowest BCUT2D eigenvalue weighted by Crippen LogP contribution is -2.66. The number of aliphatic hydroxyl groups is 2. The molecule has 0 aromatic heterocycles. The number of amides is 2. The SMILES string of the molecule is CCCCCCCCCCCCCC(=O)OCCCCCCCCCCCCCC(=O)N[C@@H](CO)CO[C@@H]1O[C@H](CO)[C@@H](OP(=O)(O)O)[C@H](OC(=O)C[C@@H](CCCCCCCCCCC)OC(=O)CCCCCCCCCCCCC)[C@H]1NC(=O)C[C@@H](CCCCCCCCCCC)OC(=O)CCCCCCCCCCCCC. The van der Waals surface area contributed by atoms with Crippen molar-refractivity contribution in [1.82, 2.24) is 10.6 Å². The van der Waals surface area contributed by atoms with Crippen LogP contribution in [0.25, 0.3) is 0 Å². The van der Waals surface area contributed by atoms with Gasteiger partial charge in [0.25, 0.3) is 0 Å². The molecule has 1 saturated heterocycles. The van der Waals surface area contributed by atoms with Gasteiger partial charge in [-0.1, -0.05) is 388 Å². The van der Waals surface area contributed by atoms with Crippen molar-refractivity contribution in [3.63, 3.8) is 0 Å². The lowest BCUT2D eigenvalue weighted by atomic mass is 9.95. The molecule has 0 aromatic rings. The zero-order chi connectivity index (χ0) is 83.3. The molecule has 0 aromatic carbocycles. The van der Waals surface area contributed by atoms with E-state index in [2.05, 4.69) is 45.3 Å². The highest BCUT2D eigenvalue weighted by Gasteiger charge is 2.52. The molecule has 0 unspecified atom stereocenters. The van der Waals surface area contributed by atoms with Gasteiger partial charge in [0.2, 0.25) is 11.8 Å². The number of carbonyl (C=O) groups is 6. The Balaban J connectivity index is 3.33. The first-order valence-electron chi connectivity index (χ1n) is 48.1. The zero-order valence-corrected chi connectivity index (χ0v) is 74.8. The summed E-state index contributed by atoms with van der Waals surface area (Å²) < 4.78 is 54.9. The summed E-state index contributed by atoms with van der Waals surface area (Å²) in [6.07, 6.45) is 60.4. The number of carbonyl (C=O) groups excluding carboxylic acids is 6. The number of hydrogen-bond acceptors (Lipinski definition) is 16. The molecule has 0 aliphatic carbocycles. The molecule has 20 nitrogen and oxygen atoms in total. The molecule has 21 heteroatoms. The number of phosphoric ester groups is 1. The summed E-state index contributed by atoms with van der Waals surface area (Å²) in [5, 5.41) is 27.4. The Morgan fingerprint density at radius 3 is 1.03 bits per heavy atom. The molecule has 1 heterocycles. The van der Waals surface area contributed by atoms with E-state index >= 15 is 0 Å². The lowest BCUT2D eigenvalue weighted by Gasteiger charge is -2.45. The fourth-order valence-electron chi connectivity index (χ4n) is 15.6. The van der Waals surface area contributed by atoms with Crippen molar-refractivity contribution < 1.29 is 86.3 Å². The Bertz CT molecular complexity index is 2280. The second-order valence-corrected chi connectivity index (χ2v) is 34.9. The van der Waals surface area contributed by atoms with Gasteiger partial charge in [-0.05, 0) is 57.8 Å². The van der Waals surface area contributed by atoms with Crippen molar-refractivity contribution in [3.05, 3.63) is 0 Å². The molecular formula is C93H177N2O18P. The zero-order valence-electron chi connectivity index (χ0n) is 73.9. The lowest BCUT2D eigenvalue weighted by molar-refractivity contribution is -0.272. The van der Waals surface area contributed by atoms with Crippen LogP contribution < -0.4 is 10.6 Å². The summed E-state index contributed by atoms with van der Waals surface area (Å²) in [5.41, 5.74) is 0. The maximum atomic E-state index is 14.8. The maximum Gasteiger partial charge on any atom is 0.470 e. The summed E-state index contributed by atoms with van der Waals surface area (Å²) in [6.45, 7) is 9.68. The van der Waals surface area contributed by atoms with Crippen molar-refractivity contribution in [2.75, 3.05) is 26.4 Å². The largest absolute Gasteiger partial charge is 0.470 e. The van der Waals surface area contributed by atoms with Crippen molar-refractivity contribution in [1.29, 1.82) is 0 Å². The number of phosphoric acid groups is 1. The average Bonchev–Trinajstić information content (AvgIpc) is 0.780. The van der Waals surface area contributed by atoms with Gasteiger partial charge in [0.1, 0.15) is 30.5 Å². The van der Waals surface area contributed by atoms with Crippen LogP contribution in [-0.2, 0) is 66.3 Å². The van der Waals surface area contributed by atoms with Crippen LogP contribution in [0.15, 0.2) is 0 Å². The minimum Gasteiger partial charge on any atom is -0.466 e. The smallest absolute Gasteiger partial charge is 0.466 e. The summed E-state index contributed by atoms with van der Waals surface area (Å²) in [5.74, 6) is -2.90. The van der Waals surface area contributed by atoms with E-state index in [0.717, 1.165) is 186 Å². The topological polar surface area (TPSA) is 289 Å². The average molecular weight is 1640 g/mol. The molecule has 0 bridgehead atoms. The summed E-state index contributed by atoms with van der Waals surface area (Å²) in [4.78, 5) is 104. The number of nitrogens with one attached hydrogen (secondary N) is 2. The van der Waals surface area contributed by atoms with E-state index in [0.29, 0.717) is 58.0 Å². The van der Waals surface area contributed by atoms with Gasteiger partial charge in [-0.25, -0.2) is 4.57 Å². The molecule has 0 spiro atoms. The predicted octanol–water partition coefficient (Wildman–Crippen LogP) is 23.8. The van der Waals surface area contributed by atoms with E-state index in [1.54, 1.807) is 0 Å². The number of esters is 4. The van der Waals surface area contributed by atoms with Gasteiger partial charge in [0.05, 0.1) is 45.3 Å². The molecule has 0 radical (unpaired) electrons. The van der Waals surface area contributed by atoms with Crippen LogP contribution in [0.4, 0.5) is 0 Å². The van der Waals surface area contributed by atoms with Gasteiger partial charge < -0.3 is 59.1 Å². The van der Waals surface area contributed by atoms with Crippen LogP contribution in [0, 0.1) is 0 Å². The van der Waals surface area contributed by atoms with Crippen LogP contribution >= 0.6 is 7.82 Å². The summed E-state index contributed by atoms with van der Waals surface area (Å²) in [7, 11) is -5.49. The molecule has 8 atom stereocenters. The minimum absolute atomic E-state index is 0.0703. The van der Waals surface area contributed by atoms with Gasteiger partial charge in [0, 0.05) is 25.7 Å². The Morgan fingerprint density at radius 2 is 0.684 bits per heavy atom. The highest BCUT2D eigenvalue weighted by atomic mass is 31.2. The van der Waals surface area contributed by atoms with E-state index in [1.807, 2.05) is 0 Å². The maximum absolute atomic E-state index is 14.8. The number of hydrogen-bond donors (Lipinski definition) is 6. The molecule has 0 saturated carbocycles. The highest BCUT2D eigenvalue weighted by molar-refractivity contribution is 7.46. The van der Waals surface area contributed by atoms with Crippen molar-refractivity contribution >= 4 is 43.5 Å². The number of ether oxygens (including phenoxy) is 6. The quantitative estimate of drug-likeness (QED) is 0.0143. The minimum atomic E-state index is -5.49. The van der Waals surface area contributed by atoms with Gasteiger partial charge in [0.15, 0.2) is 12.4 Å². The van der Waals surface area contributed by atoms with Crippen LogP contribution in [-0.4, -0.2) is 131 Å². The van der Waals surface area contributed by atoms with Crippen LogP contribution in [0.1, 0.15) is 484 Å². The molecule has 6 N–H and O–H groups in total. The van der Waals surface area contributed by atoms with E-state index in [4.69, 9.17) is 32.9 Å². The first-order valence-corrected chi connectivity index (χ1v) is 49.6. The third-order valence-corrected chi connectivity index (χ3v) is 23.2. The van der Waals surface area contributed by atoms with E-state index in [9.17, 15) is 53.3 Å². The normalized spacial score (nSPS) is 16.5. The highest BCUT2D eigenvalue weighted by Crippen LogP contribution is 2.43. The fraction of sp³-hybridized carbons (Fsp3) is 0.935.